The Kier molecular flexibility index (Phi) is 3.64. The van der Waals surface area contributed by atoms with Gasteiger partial charge >= 0.3 is 5.69 Å². The summed E-state index contributed by atoms with van der Waals surface area (Å²) in [5.41, 5.74) is 1.88. The zero-order chi connectivity index (χ0) is 17.8. The van der Waals surface area contributed by atoms with Crippen molar-refractivity contribution in [3.8, 4) is 0 Å². The van der Waals surface area contributed by atoms with Crippen molar-refractivity contribution in [2.75, 3.05) is 23.3 Å². The summed E-state index contributed by atoms with van der Waals surface area (Å²) in [5.74, 6) is -0.356. The Morgan fingerprint density at radius 3 is 2.28 bits per heavy atom. The van der Waals surface area contributed by atoms with Gasteiger partial charge in [0.05, 0.1) is 22.4 Å². The quantitative estimate of drug-likeness (QED) is 0.880. The molecule has 2 aromatic rings. The molecule has 0 radical (unpaired) electrons. The summed E-state index contributed by atoms with van der Waals surface area (Å²) in [6, 6.07) is 3.83. The van der Waals surface area contributed by atoms with Crippen LogP contribution in [0.25, 0.3) is 11.0 Å². The number of nitrogens with zero attached hydrogens (tertiary/aromatic N) is 3. The molecule has 1 aromatic heterocycles. The van der Waals surface area contributed by atoms with Crippen LogP contribution in [0, 0.1) is 0 Å². The largest absolute Gasteiger partial charge is 0.380 e. The first-order valence-electron chi connectivity index (χ1n) is 8.89. The highest BCUT2D eigenvalue weighted by Crippen LogP contribution is 2.38. The Hall–Kier alpha value is -2.28. The molecule has 7 nitrogen and oxygen atoms in total. The van der Waals surface area contributed by atoms with E-state index in [1.54, 1.807) is 23.2 Å². The molecule has 2 heterocycles. The number of benzene rings is 1. The number of fused-ring (bicyclic) bond motifs is 1. The minimum atomic E-state index is -1.23. The maximum absolute atomic E-state index is 12.4. The number of imidazole rings is 1. The van der Waals surface area contributed by atoms with E-state index >= 15 is 0 Å². The monoisotopic (exact) mass is 344 g/mol. The smallest absolute Gasteiger partial charge is 0.328 e. The molecule has 1 amide bonds. The van der Waals surface area contributed by atoms with Crippen molar-refractivity contribution in [1.29, 1.82) is 0 Å². The molecule has 0 spiro atoms. The number of aromatic nitrogens is 2. The standard InChI is InChI=1S/C18H24N4O3/c1-20-14-10-12(19-16(23)18(25)6-7-18)13(22-8-4-3-5-9-22)11-15(14)21(2)17(20)24/h10-11,25H,3-9H2,1-2H3,(H,19,23). The van der Waals surface area contributed by atoms with Gasteiger partial charge in [-0.3, -0.25) is 13.9 Å². The first kappa shape index (κ1) is 16.2. The van der Waals surface area contributed by atoms with Crippen LogP contribution in [0.4, 0.5) is 11.4 Å². The first-order valence-corrected chi connectivity index (χ1v) is 8.89. The Morgan fingerprint density at radius 1 is 1.08 bits per heavy atom. The van der Waals surface area contributed by atoms with E-state index in [9.17, 15) is 14.7 Å². The SMILES string of the molecule is Cn1c(=O)n(C)c2cc(N3CCCCC3)c(NC(=O)C3(O)CC3)cc21. The molecule has 1 saturated heterocycles. The summed E-state index contributed by atoms with van der Waals surface area (Å²) in [6.07, 6.45) is 4.45. The molecule has 4 rings (SSSR count). The summed E-state index contributed by atoms with van der Waals surface area (Å²) in [4.78, 5) is 26.9. The molecular weight excluding hydrogens is 320 g/mol. The van der Waals surface area contributed by atoms with Crippen molar-refractivity contribution in [2.24, 2.45) is 14.1 Å². The van der Waals surface area contributed by atoms with Gasteiger partial charge in [0.25, 0.3) is 5.91 Å². The second-order valence-electron chi connectivity index (χ2n) is 7.29. The normalized spacial score (nSPS) is 19.2. The maximum atomic E-state index is 12.4. The predicted molar refractivity (Wildman–Crippen MR) is 97.0 cm³/mol. The fourth-order valence-corrected chi connectivity index (χ4v) is 3.61. The summed E-state index contributed by atoms with van der Waals surface area (Å²) < 4.78 is 3.21. The zero-order valence-corrected chi connectivity index (χ0v) is 14.7. The second-order valence-corrected chi connectivity index (χ2v) is 7.29. The minimum absolute atomic E-state index is 0.0936. The number of aryl methyl sites for hydroxylation is 2. The molecule has 0 atom stereocenters. The van der Waals surface area contributed by atoms with Gasteiger partial charge in [-0.2, -0.15) is 0 Å². The molecule has 0 unspecified atom stereocenters. The molecule has 2 N–H and O–H groups in total. The first-order chi connectivity index (χ1) is 11.9. The van der Waals surface area contributed by atoms with E-state index in [0.717, 1.165) is 42.7 Å². The van der Waals surface area contributed by atoms with Gasteiger partial charge in [0.2, 0.25) is 0 Å². The van der Waals surface area contributed by atoms with E-state index in [-0.39, 0.29) is 11.6 Å². The van der Waals surface area contributed by atoms with Crippen LogP contribution in [0.2, 0.25) is 0 Å². The summed E-state index contributed by atoms with van der Waals surface area (Å²) >= 11 is 0. The lowest BCUT2D eigenvalue weighted by molar-refractivity contribution is -0.125. The second kappa shape index (κ2) is 5.62. The number of rotatable bonds is 3. The average Bonchev–Trinajstić information content (AvgIpc) is 3.35. The highest BCUT2D eigenvalue weighted by molar-refractivity contribution is 6.03. The van der Waals surface area contributed by atoms with Crippen molar-refractivity contribution < 1.29 is 9.90 Å². The summed E-state index contributed by atoms with van der Waals surface area (Å²) in [6.45, 7) is 1.86. The van der Waals surface area contributed by atoms with Gasteiger partial charge in [-0.05, 0) is 44.2 Å². The third-order valence-electron chi connectivity index (χ3n) is 5.48. The molecule has 7 heteroatoms. The number of aliphatic hydroxyl groups is 1. The van der Waals surface area contributed by atoms with Crippen molar-refractivity contribution in [2.45, 2.75) is 37.7 Å². The summed E-state index contributed by atoms with van der Waals surface area (Å²) in [5, 5.41) is 13.0. The minimum Gasteiger partial charge on any atom is -0.380 e. The Balaban J connectivity index is 1.83. The van der Waals surface area contributed by atoms with E-state index in [1.165, 1.54) is 6.42 Å². The molecule has 1 aliphatic carbocycles. The van der Waals surface area contributed by atoms with Crippen LogP contribution >= 0.6 is 0 Å². The molecule has 2 fully saturated rings. The maximum Gasteiger partial charge on any atom is 0.328 e. The molecule has 0 bridgehead atoms. The Bertz CT molecular complexity index is 901. The van der Waals surface area contributed by atoms with Crippen molar-refractivity contribution in [3.63, 3.8) is 0 Å². The number of anilines is 2. The van der Waals surface area contributed by atoms with Crippen molar-refractivity contribution >= 4 is 28.3 Å². The van der Waals surface area contributed by atoms with Crippen LogP contribution in [0.3, 0.4) is 0 Å². The van der Waals surface area contributed by atoms with Gasteiger partial charge in [-0.25, -0.2) is 4.79 Å². The highest BCUT2D eigenvalue weighted by atomic mass is 16.3. The van der Waals surface area contributed by atoms with Crippen LogP contribution in [-0.2, 0) is 18.9 Å². The van der Waals surface area contributed by atoms with E-state index in [4.69, 9.17) is 0 Å². The molecule has 25 heavy (non-hydrogen) atoms. The third-order valence-corrected chi connectivity index (χ3v) is 5.48. The number of amides is 1. The van der Waals surface area contributed by atoms with E-state index in [0.29, 0.717) is 18.5 Å². The molecule has 134 valence electrons. The van der Waals surface area contributed by atoms with Gasteiger partial charge in [-0.1, -0.05) is 0 Å². The molecule has 2 aliphatic rings. The third kappa shape index (κ3) is 2.63. The van der Waals surface area contributed by atoms with Gasteiger partial charge in [0, 0.05) is 27.2 Å². The van der Waals surface area contributed by atoms with Gasteiger partial charge in [0.15, 0.2) is 0 Å². The van der Waals surface area contributed by atoms with Gasteiger partial charge in [0.1, 0.15) is 5.60 Å². The number of carbonyl (C=O) groups is 1. The number of piperidine rings is 1. The lowest BCUT2D eigenvalue weighted by atomic mass is 10.1. The van der Waals surface area contributed by atoms with Crippen LogP contribution in [-0.4, -0.2) is 38.8 Å². The lowest BCUT2D eigenvalue weighted by Crippen LogP contribution is -2.33. The van der Waals surface area contributed by atoms with Crippen molar-refractivity contribution in [3.05, 3.63) is 22.6 Å². The zero-order valence-electron chi connectivity index (χ0n) is 14.7. The summed E-state index contributed by atoms with van der Waals surface area (Å²) in [7, 11) is 3.49. The fourth-order valence-electron chi connectivity index (χ4n) is 3.61. The number of nitrogens with one attached hydrogen (secondary N) is 1. The number of hydrogen-bond donors (Lipinski definition) is 2. The predicted octanol–water partition coefficient (Wildman–Crippen LogP) is 1.33. The molecule has 1 aromatic carbocycles. The Morgan fingerprint density at radius 2 is 1.68 bits per heavy atom. The molecule has 1 aliphatic heterocycles. The van der Waals surface area contributed by atoms with E-state index in [1.807, 2.05) is 12.1 Å². The average molecular weight is 344 g/mol. The van der Waals surface area contributed by atoms with Crippen molar-refractivity contribution in [1.82, 2.24) is 9.13 Å². The van der Waals surface area contributed by atoms with Gasteiger partial charge < -0.3 is 15.3 Å². The van der Waals surface area contributed by atoms with Gasteiger partial charge in [-0.15, -0.1) is 0 Å². The van der Waals surface area contributed by atoms with Crippen LogP contribution in [0.5, 0.6) is 0 Å². The highest BCUT2D eigenvalue weighted by Gasteiger charge is 2.48. The molecule has 1 saturated carbocycles. The molecular formula is C18H24N4O3. The van der Waals surface area contributed by atoms with Crippen LogP contribution < -0.4 is 15.9 Å². The van der Waals surface area contributed by atoms with E-state index in [2.05, 4.69) is 10.2 Å². The number of carbonyl (C=O) groups excluding carboxylic acids is 1. The van der Waals surface area contributed by atoms with Crippen LogP contribution in [0.1, 0.15) is 32.1 Å². The fraction of sp³-hybridized carbons (Fsp3) is 0.556. The topological polar surface area (TPSA) is 79.5 Å². The van der Waals surface area contributed by atoms with Crippen LogP contribution in [0.15, 0.2) is 16.9 Å². The lowest BCUT2D eigenvalue weighted by Gasteiger charge is -2.31. The Labute approximate surface area is 145 Å². The number of hydrogen-bond acceptors (Lipinski definition) is 4. The van der Waals surface area contributed by atoms with E-state index < -0.39 is 5.60 Å².